The molecular weight excluding hydrogens is 428 g/mol. The maximum Gasteiger partial charge on any atom is 0.244 e. The summed E-state index contributed by atoms with van der Waals surface area (Å²) in [6.45, 7) is 2.28. The van der Waals surface area contributed by atoms with Crippen LogP contribution in [0.25, 0.3) is 5.69 Å². The third kappa shape index (κ3) is 3.49. The van der Waals surface area contributed by atoms with E-state index in [9.17, 15) is 8.42 Å². The van der Waals surface area contributed by atoms with E-state index < -0.39 is 16.1 Å². The largest absolute Gasteiger partial charge is 0.319 e. The molecule has 4 aromatic rings. The van der Waals surface area contributed by atoms with Crippen molar-refractivity contribution >= 4 is 21.6 Å². The smallest absolute Gasteiger partial charge is 0.244 e. The molecule has 0 saturated heterocycles. The molecule has 4 nitrogen and oxygen atoms in total. The van der Waals surface area contributed by atoms with E-state index in [0.717, 1.165) is 28.1 Å². The molecular formula is C25H21ClN2O2S. The molecule has 3 aromatic carbocycles. The van der Waals surface area contributed by atoms with Gasteiger partial charge in [-0.3, -0.25) is 0 Å². The molecule has 1 aliphatic heterocycles. The van der Waals surface area contributed by atoms with Crippen molar-refractivity contribution in [3.8, 4) is 5.69 Å². The molecule has 156 valence electrons. The quantitative estimate of drug-likeness (QED) is 0.401. The minimum absolute atomic E-state index is 0.189. The molecule has 5 rings (SSSR count). The first-order valence-electron chi connectivity index (χ1n) is 10.0. The molecule has 0 fully saturated rings. The molecule has 0 unspecified atom stereocenters. The predicted molar refractivity (Wildman–Crippen MR) is 123 cm³/mol. The van der Waals surface area contributed by atoms with E-state index in [1.165, 1.54) is 6.07 Å². The summed E-state index contributed by atoms with van der Waals surface area (Å²) in [6, 6.07) is 25.9. The molecule has 6 heteroatoms. The Labute approximate surface area is 187 Å². The van der Waals surface area contributed by atoms with Crippen LogP contribution in [0, 0.1) is 6.92 Å². The predicted octanol–water partition coefficient (Wildman–Crippen LogP) is 5.73. The van der Waals surface area contributed by atoms with Gasteiger partial charge >= 0.3 is 0 Å². The van der Waals surface area contributed by atoms with Gasteiger partial charge in [0.15, 0.2) is 0 Å². The van der Waals surface area contributed by atoms with Gasteiger partial charge in [-0.25, -0.2) is 8.42 Å². The summed E-state index contributed by atoms with van der Waals surface area (Å²) in [7, 11) is -3.84. The second-order valence-electron chi connectivity index (χ2n) is 7.75. The van der Waals surface area contributed by atoms with E-state index in [0.29, 0.717) is 5.02 Å². The van der Waals surface area contributed by atoms with E-state index >= 15 is 0 Å². The number of rotatable bonds is 3. The van der Waals surface area contributed by atoms with Gasteiger partial charge in [0.1, 0.15) is 0 Å². The van der Waals surface area contributed by atoms with Crippen LogP contribution in [-0.4, -0.2) is 17.3 Å². The normalized spacial score (nSPS) is 16.4. The van der Waals surface area contributed by atoms with Gasteiger partial charge in [-0.15, -0.1) is 0 Å². The average Bonchev–Trinajstić information content (AvgIpc) is 3.19. The number of aromatic nitrogens is 1. The summed E-state index contributed by atoms with van der Waals surface area (Å²) in [5.41, 5.74) is 4.88. The number of hydrogen-bond donors (Lipinski definition) is 0. The van der Waals surface area contributed by atoms with Crippen LogP contribution < -0.4 is 0 Å². The van der Waals surface area contributed by atoms with E-state index in [1.807, 2.05) is 73.8 Å². The summed E-state index contributed by atoms with van der Waals surface area (Å²) >= 11 is 6.15. The fourth-order valence-corrected chi connectivity index (χ4v) is 6.06. The first-order chi connectivity index (χ1) is 14.9. The Hall–Kier alpha value is -2.86. The minimum Gasteiger partial charge on any atom is -0.319 e. The Kier molecular flexibility index (Phi) is 4.97. The van der Waals surface area contributed by atoms with Crippen LogP contribution in [0.5, 0.6) is 0 Å². The second kappa shape index (κ2) is 7.68. The molecule has 1 atom stereocenters. The van der Waals surface area contributed by atoms with Crippen LogP contribution in [0.2, 0.25) is 5.02 Å². The zero-order valence-electron chi connectivity index (χ0n) is 16.9. The maximum absolute atomic E-state index is 13.9. The summed E-state index contributed by atoms with van der Waals surface area (Å²) in [5, 5.41) is 0.395. The third-order valence-electron chi connectivity index (χ3n) is 5.72. The lowest BCUT2D eigenvalue weighted by molar-refractivity contribution is 0.353. The fourth-order valence-electron chi connectivity index (χ4n) is 4.19. The molecule has 0 bridgehead atoms. The van der Waals surface area contributed by atoms with Gasteiger partial charge in [-0.2, -0.15) is 4.31 Å². The third-order valence-corrected chi connectivity index (χ3v) is 7.76. The van der Waals surface area contributed by atoms with E-state index in [-0.39, 0.29) is 11.4 Å². The van der Waals surface area contributed by atoms with E-state index in [1.54, 1.807) is 22.5 Å². The van der Waals surface area contributed by atoms with Crippen molar-refractivity contribution in [3.63, 3.8) is 0 Å². The van der Waals surface area contributed by atoms with Crippen LogP contribution in [0.1, 0.15) is 28.4 Å². The summed E-state index contributed by atoms with van der Waals surface area (Å²) in [6.07, 6.45) is 1.99. The van der Waals surface area contributed by atoms with Crippen molar-refractivity contribution in [1.82, 2.24) is 8.87 Å². The lowest BCUT2D eigenvalue weighted by Crippen LogP contribution is -2.34. The van der Waals surface area contributed by atoms with Crippen LogP contribution in [0.15, 0.2) is 96.0 Å². The standard InChI is InChI=1S/C25H21ClN2O2S/c1-18-11-13-19(14-12-18)25-24-10-5-15-27(24)23-9-3-2-6-20(23)17-28(25)31(29,30)22-8-4-7-21(26)16-22/h2-16,25H,17H2,1H3/t25-/m0/s1. The lowest BCUT2D eigenvalue weighted by Gasteiger charge is -2.30. The molecule has 31 heavy (non-hydrogen) atoms. The second-order valence-corrected chi connectivity index (χ2v) is 10.1. The topological polar surface area (TPSA) is 42.3 Å². The van der Waals surface area contributed by atoms with Gasteiger partial charge in [0.2, 0.25) is 10.0 Å². The number of para-hydroxylation sites is 1. The molecule has 0 N–H and O–H groups in total. The zero-order chi connectivity index (χ0) is 21.6. The highest BCUT2D eigenvalue weighted by atomic mass is 35.5. The Bertz CT molecular complexity index is 1360. The Balaban J connectivity index is 1.77. The number of benzene rings is 3. The van der Waals surface area contributed by atoms with Gasteiger partial charge in [0, 0.05) is 29.1 Å². The van der Waals surface area contributed by atoms with Crippen LogP contribution in [0.3, 0.4) is 0 Å². The number of aryl methyl sites for hydroxylation is 1. The van der Waals surface area contributed by atoms with Gasteiger partial charge < -0.3 is 4.57 Å². The SMILES string of the molecule is Cc1ccc([C@H]2c3cccn3-c3ccccc3CN2S(=O)(=O)c2cccc(Cl)c2)cc1. The maximum atomic E-state index is 13.9. The molecule has 2 heterocycles. The van der Waals surface area contributed by atoms with E-state index in [4.69, 9.17) is 11.6 Å². The highest BCUT2D eigenvalue weighted by Gasteiger charge is 2.38. The Morgan fingerprint density at radius 2 is 1.68 bits per heavy atom. The molecule has 1 aromatic heterocycles. The molecule has 0 spiro atoms. The van der Waals surface area contributed by atoms with Gasteiger partial charge in [0.05, 0.1) is 10.9 Å². The van der Waals surface area contributed by atoms with Crippen molar-refractivity contribution in [2.24, 2.45) is 0 Å². The Morgan fingerprint density at radius 3 is 2.45 bits per heavy atom. The van der Waals surface area contributed by atoms with Gasteiger partial charge in [-0.1, -0.05) is 65.7 Å². The van der Waals surface area contributed by atoms with Crippen LogP contribution >= 0.6 is 11.6 Å². The van der Waals surface area contributed by atoms with Crippen molar-refractivity contribution in [2.45, 2.75) is 24.4 Å². The Morgan fingerprint density at radius 1 is 0.903 bits per heavy atom. The van der Waals surface area contributed by atoms with Crippen LogP contribution in [0.4, 0.5) is 0 Å². The van der Waals surface area contributed by atoms with Crippen molar-refractivity contribution in [1.29, 1.82) is 0 Å². The molecule has 0 aliphatic carbocycles. The molecule has 0 saturated carbocycles. The first kappa shape index (κ1) is 20.1. The molecule has 0 radical (unpaired) electrons. The average molecular weight is 449 g/mol. The summed E-state index contributed by atoms with van der Waals surface area (Å²) < 4.78 is 31.6. The van der Waals surface area contributed by atoms with E-state index in [2.05, 4.69) is 4.57 Å². The highest BCUT2D eigenvalue weighted by Crippen LogP contribution is 2.40. The monoisotopic (exact) mass is 448 g/mol. The number of nitrogens with zero attached hydrogens (tertiary/aromatic N) is 2. The minimum atomic E-state index is -3.84. The van der Waals surface area contributed by atoms with Crippen molar-refractivity contribution < 1.29 is 8.42 Å². The molecule has 1 aliphatic rings. The molecule has 0 amide bonds. The number of halogens is 1. The zero-order valence-corrected chi connectivity index (χ0v) is 18.5. The first-order valence-corrected chi connectivity index (χ1v) is 11.9. The number of hydrogen-bond acceptors (Lipinski definition) is 2. The number of fused-ring (bicyclic) bond motifs is 3. The van der Waals surface area contributed by atoms with Gasteiger partial charge in [0.25, 0.3) is 0 Å². The van der Waals surface area contributed by atoms with Crippen molar-refractivity contribution in [2.75, 3.05) is 0 Å². The van der Waals surface area contributed by atoms with Crippen LogP contribution in [-0.2, 0) is 16.6 Å². The van der Waals surface area contributed by atoms with Gasteiger partial charge in [-0.05, 0) is 54.4 Å². The highest BCUT2D eigenvalue weighted by molar-refractivity contribution is 7.89. The summed E-state index contributed by atoms with van der Waals surface area (Å²) in [4.78, 5) is 0.189. The van der Waals surface area contributed by atoms with Crippen molar-refractivity contribution in [3.05, 3.63) is 119 Å². The fraction of sp³-hybridized carbons (Fsp3) is 0.120. The lowest BCUT2D eigenvalue weighted by atomic mass is 10.0. The number of sulfonamides is 1. The summed E-state index contributed by atoms with van der Waals surface area (Å²) in [5.74, 6) is 0.